The topological polar surface area (TPSA) is 67.4 Å². The second kappa shape index (κ2) is 9.08. The Morgan fingerprint density at radius 3 is 2.29 bits per heavy atom. The average Bonchev–Trinajstić information content (AvgIpc) is 2.57. The fourth-order valence-electron chi connectivity index (χ4n) is 2.09. The number of hydrogen-bond acceptors (Lipinski definition) is 3. The fourth-order valence-corrected chi connectivity index (χ4v) is 2.35. The van der Waals surface area contributed by atoms with Crippen LogP contribution in [0.15, 0.2) is 53.0 Å². The number of carbonyl (C=O) groups is 2. The Morgan fingerprint density at radius 1 is 1.00 bits per heavy atom. The van der Waals surface area contributed by atoms with Gasteiger partial charge in [-0.3, -0.25) is 9.59 Å². The van der Waals surface area contributed by atoms with Crippen molar-refractivity contribution >= 4 is 33.4 Å². The van der Waals surface area contributed by atoms with Gasteiger partial charge < -0.3 is 15.4 Å². The van der Waals surface area contributed by atoms with Gasteiger partial charge in [0.2, 0.25) is 11.8 Å². The van der Waals surface area contributed by atoms with Gasteiger partial charge in [-0.05, 0) is 48.4 Å². The zero-order valence-electron chi connectivity index (χ0n) is 13.3. The summed E-state index contributed by atoms with van der Waals surface area (Å²) >= 11 is 3.32. The number of anilines is 1. The molecular weight excluding hydrogens is 372 g/mol. The molecule has 24 heavy (non-hydrogen) atoms. The van der Waals surface area contributed by atoms with E-state index in [1.165, 1.54) is 0 Å². The second-order valence-corrected chi connectivity index (χ2v) is 6.10. The van der Waals surface area contributed by atoms with Crippen LogP contribution in [0.4, 0.5) is 5.69 Å². The normalized spacial score (nSPS) is 10.1. The number of methoxy groups -OCH3 is 1. The summed E-state index contributed by atoms with van der Waals surface area (Å²) in [5.74, 6) is 0.171. The lowest BCUT2D eigenvalue weighted by atomic mass is 10.1. The van der Waals surface area contributed by atoms with Gasteiger partial charge in [0, 0.05) is 16.7 Å². The third-order valence-corrected chi connectivity index (χ3v) is 3.87. The van der Waals surface area contributed by atoms with Gasteiger partial charge in [0.25, 0.3) is 0 Å². The van der Waals surface area contributed by atoms with Crippen LogP contribution in [0.1, 0.15) is 12.0 Å². The summed E-state index contributed by atoms with van der Waals surface area (Å²) in [6.45, 7) is 0.483. The number of carbonyl (C=O) groups excluding carboxylic acids is 2. The maximum atomic E-state index is 11.8. The van der Waals surface area contributed by atoms with E-state index in [-0.39, 0.29) is 18.2 Å². The molecule has 0 unspecified atom stereocenters. The first kappa shape index (κ1) is 18.0. The molecule has 2 rings (SSSR count). The molecule has 0 heterocycles. The number of nitrogens with one attached hydrogen (secondary N) is 2. The molecule has 0 saturated carbocycles. The van der Waals surface area contributed by atoms with Crippen LogP contribution in [-0.2, 0) is 16.0 Å². The predicted octanol–water partition coefficient (Wildman–Crippen LogP) is 3.15. The van der Waals surface area contributed by atoms with Crippen molar-refractivity contribution in [3.63, 3.8) is 0 Å². The average molecular weight is 391 g/mol. The molecule has 0 aliphatic heterocycles. The maximum absolute atomic E-state index is 11.8. The van der Waals surface area contributed by atoms with Gasteiger partial charge >= 0.3 is 0 Å². The van der Waals surface area contributed by atoms with Crippen LogP contribution in [0.5, 0.6) is 5.75 Å². The van der Waals surface area contributed by atoms with Crippen LogP contribution in [0, 0.1) is 0 Å². The lowest BCUT2D eigenvalue weighted by Gasteiger charge is -2.07. The molecule has 0 fully saturated rings. The van der Waals surface area contributed by atoms with Crippen molar-refractivity contribution in [2.75, 3.05) is 19.0 Å². The molecular formula is C18H19BrN2O3. The van der Waals surface area contributed by atoms with Gasteiger partial charge in [-0.25, -0.2) is 0 Å². The quantitative estimate of drug-likeness (QED) is 0.713. The Hall–Kier alpha value is -2.34. The van der Waals surface area contributed by atoms with Crippen LogP contribution < -0.4 is 15.4 Å². The molecule has 5 nitrogen and oxygen atoms in total. The van der Waals surface area contributed by atoms with Crippen molar-refractivity contribution in [2.24, 2.45) is 0 Å². The molecule has 2 aromatic carbocycles. The monoisotopic (exact) mass is 390 g/mol. The van der Waals surface area contributed by atoms with Gasteiger partial charge in [-0.1, -0.05) is 28.1 Å². The van der Waals surface area contributed by atoms with Crippen molar-refractivity contribution in [1.29, 1.82) is 0 Å². The molecule has 6 heteroatoms. The zero-order chi connectivity index (χ0) is 17.4. The molecule has 2 N–H and O–H groups in total. The fraction of sp³-hybridized carbons (Fsp3) is 0.222. The molecule has 0 radical (unpaired) electrons. The number of benzene rings is 2. The Morgan fingerprint density at radius 2 is 1.67 bits per heavy atom. The van der Waals surface area contributed by atoms with E-state index < -0.39 is 0 Å². The van der Waals surface area contributed by atoms with E-state index in [1.54, 1.807) is 19.2 Å². The van der Waals surface area contributed by atoms with E-state index in [1.807, 2.05) is 36.4 Å². The van der Waals surface area contributed by atoms with Gasteiger partial charge in [-0.2, -0.15) is 0 Å². The second-order valence-electron chi connectivity index (χ2n) is 5.18. The van der Waals surface area contributed by atoms with Crippen LogP contribution in [0.3, 0.4) is 0 Å². The standard InChI is InChI=1S/C18H19BrN2O3/c1-24-16-8-2-13(3-9-16)10-11-20-17(22)12-18(23)21-15-6-4-14(19)5-7-15/h2-9H,10-12H2,1H3,(H,20,22)(H,21,23). The van der Waals surface area contributed by atoms with Crippen molar-refractivity contribution in [2.45, 2.75) is 12.8 Å². The summed E-state index contributed by atoms with van der Waals surface area (Å²) in [5, 5.41) is 5.43. The number of rotatable bonds is 7. The minimum Gasteiger partial charge on any atom is -0.497 e. The van der Waals surface area contributed by atoms with Gasteiger partial charge in [0.15, 0.2) is 0 Å². The van der Waals surface area contributed by atoms with E-state index in [2.05, 4.69) is 26.6 Å². The highest BCUT2D eigenvalue weighted by molar-refractivity contribution is 9.10. The van der Waals surface area contributed by atoms with E-state index in [0.717, 1.165) is 15.8 Å². The Bertz CT molecular complexity index is 684. The first-order valence-corrected chi connectivity index (χ1v) is 8.31. The Balaban J connectivity index is 1.70. The number of ether oxygens (including phenoxy) is 1. The van der Waals surface area contributed by atoms with Crippen LogP contribution in [0.2, 0.25) is 0 Å². The molecule has 2 amide bonds. The van der Waals surface area contributed by atoms with E-state index in [4.69, 9.17) is 4.74 Å². The molecule has 0 aliphatic carbocycles. The Labute approximate surface area is 149 Å². The summed E-state index contributed by atoms with van der Waals surface area (Å²) in [5.41, 5.74) is 1.75. The minimum atomic E-state index is -0.334. The largest absolute Gasteiger partial charge is 0.497 e. The van der Waals surface area contributed by atoms with Crippen molar-refractivity contribution < 1.29 is 14.3 Å². The number of halogens is 1. The molecule has 0 aliphatic rings. The zero-order valence-corrected chi connectivity index (χ0v) is 14.9. The van der Waals surface area contributed by atoms with Gasteiger partial charge in [-0.15, -0.1) is 0 Å². The van der Waals surface area contributed by atoms with E-state index >= 15 is 0 Å². The summed E-state index contributed by atoms with van der Waals surface area (Å²) in [6, 6.07) is 14.8. The van der Waals surface area contributed by atoms with Crippen LogP contribution in [-0.4, -0.2) is 25.5 Å². The molecule has 0 bridgehead atoms. The van der Waals surface area contributed by atoms with Crippen molar-refractivity contribution in [1.82, 2.24) is 5.32 Å². The Kier molecular flexibility index (Phi) is 6.81. The molecule has 0 saturated heterocycles. The van der Waals surface area contributed by atoms with Crippen molar-refractivity contribution in [3.05, 3.63) is 58.6 Å². The maximum Gasteiger partial charge on any atom is 0.233 e. The highest BCUT2D eigenvalue weighted by Gasteiger charge is 2.09. The highest BCUT2D eigenvalue weighted by atomic mass is 79.9. The smallest absolute Gasteiger partial charge is 0.233 e. The molecule has 0 atom stereocenters. The highest BCUT2D eigenvalue weighted by Crippen LogP contribution is 2.14. The number of hydrogen-bond donors (Lipinski definition) is 2. The molecule has 2 aromatic rings. The van der Waals surface area contributed by atoms with E-state index in [9.17, 15) is 9.59 Å². The van der Waals surface area contributed by atoms with E-state index in [0.29, 0.717) is 18.7 Å². The lowest BCUT2D eigenvalue weighted by Crippen LogP contribution is -2.29. The van der Waals surface area contributed by atoms with Gasteiger partial charge in [0.1, 0.15) is 12.2 Å². The first-order chi connectivity index (χ1) is 11.6. The summed E-state index contributed by atoms with van der Waals surface area (Å²) in [7, 11) is 1.62. The third kappa shape index (κ3) is 6.04. The van der Waals surface area contributed by atoms with Crippen LogP contribution >= 0.6 is 15.9 Å². The summed E-state index contributed by atoms with van der Waals surface area (Å²) in [4.78, 5) is 23.6. The first-order valence-electron chi connectivity index (χ1n) is 7.52. The summed E-state index contributed by atoms with van der Waals surface area (Å²) < 4.78 is 6.02. The third-order valence-electron chi connectivity index (χ3n) is 3.34. The molecule has 0 aromatic heterocycles. The number of amides is 2. The molecule has 126 valence electrons. The lowest BCUT2D eigenvalue weighted by molar-refractivity contribution is -0.126. The van der Waals surface area contributed by atoms with Crippen LogP contribution in [0.25, 0.3) is 0 Å². The summed E-state index contributed by atoms with van der Waals surface area (Å²) in [6.07, 6.45) is 0.503. The minimum absolute atomic E-state index is 0.196. The van der Waals surface area contributed by atoms with Gasteiger partial charge in [0.05, 0.1) is 7.11 Å². The predicted molar refractivity (Wildman–Crippen MR) is 97.1 cm³/mol. The molecule has 0 spiro atoms. The SMILES string of the molecule is COc1ccc(CCNC(=O)CC(=O)Nc2ccc(Br)cc2)cc1. The van der Waals surface area contributed by atoms with Crippen molar-refractivity contribution in [3.8, 4) is 5.75 Å².